The van der Waals surface area contributed by atoms with Gasteiger partial charge in [0.05, 0.1) is 11.1 Å². The van der Waals surface area contributed by atoms with E-state index in [1.54, 1.807) is 18.3 Å². The number of nitrogens with one attached hydrogen (secondary N) is 1. The van der Waals surface area contributed by atoms with Crippen molar-refractivity contribution in [3.05, 3.63) is 39.9 Å². The van der Waals surface area contributed by atoms with Gasteiger partial charge >= 0.3 is 0 Å². The molecule has 1 N–H and O–H groups in total. The Kier molecular flexibility index (Phi) is 4.42. The number of pyridine rings is 1. The lowest BCUT2D eigenvalue weighted by molar-refractivity contribution is 0.102. The quantitative estimate of drug-likeness (QED) is 0.880. The van der Waals surface area contributed by atoms with Gasteiger partial charge in [0.25, 0.3) is 5.91 Å². The fourth-order valence-corrected chi connectivity index (χ4v) is 3.30. The van der Waals surface area contributed by atoms with Gasteiger partial charge in [0.1, 0.15) is 16.1 Å². The molecule has 0 bridgehead atoms. The second-order valence-electron chi connectivity index (χ2n) is 4.11. The zero-order valence-electron chi connectivity index (χ0n) is 11.4. The molecule has 6 heteroatoms. The molecule has 0 unspecified atom stereocenters. The van der Waals surface area contributed by atoms with Crippen molar-refractivity contribution in [2.75, 3.05) is 11.6 Å². The highest BCUT2D eigenvalue weighted by Crippen LogP contribution is 2.32. The summed E-state index contributed by atoms with van der Waals surface area (Å²) in [6.07, 6.45) is 3.53. The summed E-state index contributed by atoms with van der Waals surface area (Å²) in [5.74, 6) is -0.236. The van der Waals surface area contributed by atoms with Gasteiger partial charge in [0, 0.05) is 11.1 Å². The van der Waals surface area contributed by atoms with E-state index in [4.69, 9.17) is 0 Å². The molecule has 2 aromatic heterocycles. The molecule has 0 radical (unpaired) electrons. The first-order valence-electron chi connectivity index (χ1n) is 5.89. The maximum Gasteiger partial charge on any atom is 0.259 e. The molecule has 0 fully saturated rings. The van der Waals surface area contributed by atoms with Gasteiger partial charge in [-0.2, -0.15) is 5.26 Å². The van der Waals surface area contributed by atoms with Crippen LogP contribution >= 0.6 is 23.1 Å². The minimum atomic E-state index is -0.236. The van der Waals surface area contributed by atoms with Gasteiger partial charge in [-0.05, 0) is 37.8 Å². The van der Waals surface area contributed by atoms with E-state index in [0.717, 1.165) is 10.4 Å². The largest absolute Gasteiger partial charge is 0.312 e. The zero-order valence-corrected chi connectivity index (χ0v) is 13.0. The highest BCUT2D eigenvalue weighted by atomic mass is 32.2. The third-order valence-electron chi connectivity index (χ3n) is 2.93. The Morgan fingerprint density at radius 1 is 1.50 bits per heavy atom. The van der Waals surface area contributed by atoms with Crippen LogP contribution in [-0.4, -0.2) is 17.1 Å². The molecule has 20 heavy (non-hydrogen) atoms. The molecule has 0 saturated heterocycles. The summed E-state index contributed by atoms with van der Waals surface area (Å²) in [4.78, 5) is 17.5. The lowest BCUT2D eigenvalue weighted by atomic mass is 10.2. The van der Waals surface area contributed by atoms with E-state index in [9.17, 15) is 10.1 Å². The van der Waals surface area contributed by atoms with E-state index in [1.165, 1.54) is 23.1 Å². The topological polar surface area (TPSA) is 65.8 Å². The van der Waals surface area contributed by atoms with Gasteiger partial charge in [-0.15, -0.1) is 23.1 Å². The van der Waals surface area contributed by atoms with Crippen LogP contribution in [0.2, 0.25) is 0 Å². The molecule has 2 heterocycles. The average molecular weight is 303 g/mol. The van der Waals surface area contributed by atoms with Crippen molar-refractivity contribution in [1.29, 1.82) is 5.26 Å². The van der Waals surface area contributed by atoms with Crippen LogP contribution in [0, 0.1) is 25.2 Å². The number of aromatic nitrogens is 1. The Bertz CT molecular complexity index is 701. The molecule has 0 aliphatic carbocycles. The number of thiophene rings is 1. The van der Waals surface area contributed by atoms with E-state index in [0.29, 0.717) is 21.2 Å². The minimum absolute atomic E-state index is 0.236. The van der Waals surface area contributed by atoms with Crippen LogP contribution in [0.5, 0.6) is 0 Å². The summed E-state index contributed by atoms with van der Waals surface area (Å²) in [5, 5.41) is 13.3. The van der Waals surface area contributed by atoms with E-state index in [1.807, 2.05) is 20.1 Å². The van der Waals surface area contributed by atoms with E-state index in [2.05, 4.69) is 16.4 Å². The lowest BCUT2D eigenvalue weighted by Crippen LogP contribution is -2.13. The number of thioether (sulfide) groups is 1. The number of hydrogen-bond acceptors (Lipinski definition) is 5. The number of carbonyl (C=O) groups excluding carboxylic acids is 1. The van der Waals surface area contributed by atoms with Crippen molar-refractivity contribution in [2.45, 2.75) is 18.9 Å². The first-order chi connectivity index (χ1) is 9.58. The highest BCUT2D eigenvalue weighted by molar-refractivity contribution is 7.98. The van der Waals surface area contributed by atoms with Crippen molar-refractivity contribution in [2.24, 2.45) is 0 Å². The van der Waals surface area contributed by atoms with Gasteiger partial charge in [-0.25, -0.2) is 4.98 Å². The molecule has 0 aliphatic rings. The van der Waals surface area contributed by atoms with E-state index >= 15 is 0 Å². The van der Waals surface area contributed by atoms with Gasteiger partial charge in [-0.1, -0.05) is 0 Å². The number of aryl methyl sites for hydroxylation is 1. The maximum atomic E-state index is 12.3. The predicted octanol–water partition coefficient (Wildman–Crippen LogP) is 3.61. The minimum Gasteiger partial charge on any atom is -0.312 e. The number of carbonyl (C=O) groups is 1. The van der Waals surface area contributed by atoms with Crippen LogP contribution < -0.4 is 5.32 Å². The fraction of sp³-hybridized carbons (Fsp3) is 0.214. The molecule has 102 valence electrons. The molecule has 0 aromatic carbocycles. The molecule has 2 aromatic rings. The number of anilines is 1. The van der Waals surface area contributed by atoms with Crippen molar-refractivity contribution in [3.8, 4) is 6.07 Å². The summed E-state index contributed by atoms with van der Waals surface area (Å²) in [5.41, 5.74) is 1.98. The standard InChI is InChI=1S/C14H13N3OS2/c1-8-9(2)20-14(11(8)7-15)17-12(18)10-5-4-6-16-13(10)19-3/h4-6H,1-3H3,(H,17,18). The third-order valence-corrected chi connectivity index (χ3v) is 4.77. The van der Waals surface area contributed by atoms with Crippen molar-refractivity contribution < 1.29 is 4.79 Å². The molecule has 4 nitrogen and oxygen atoms in total. The normalized spacial score (nSPS) is 10.1. The number of rotatable bonds is 3. The Labute approximate surface area is 125 Å². The predicted molar refractivity (Wildman–Crippen MR) is 82.5 cm³/mol. The summed E-state index contributed by atoms with van der Waals surface area (Å²) in [7, 11) is 0. The number of nitrogens with zero attached hydrogens (tertiary/aromatic N) is 2. The fourth-order valence-electron chi connectivity index (χ4n) is 1.75. The van der Waals surface area contributed by atoms with Gasteiger partial charge < -0.3 is 5.32 Å². The van der Waals surface area contributed by atoms with Gasteiger partial charge in [-0.3, -0.25) is 4.79 Å². The van der Waals surface area contributed by atoms with Gasteiger partial charge in [0.15, 0.2) is 0 Å². The monoisotopic (exact) mass is 303 g/mol. The summed E-state index contributed by atoms with van der Waals surface area (Å²) < 4.78 is 0. The van der Waals surface area contributed by atoms with Crippen LogP contribution in [0.1, 0.15) is 26.4 Å². The van der Waals surface area contributed by atoms with Crippen molar-refractivity contribution >= 4 is 34.0 Å². The maximum absolute atomic E-state index is 12.3. The average Bonchev–Trinajstić information content (AvgIpc) is 2.73. The Hall–Kier alpha value is -1.84. The number of nitriles is 1. The molecule has 0 saturated carbocycles. The van der Waals surface area contributed by atoms with Crippen LogP contribution in [0.25, 0.3) is 0 Å². The van der Waals surface area contributed by atoms with Crippen molar-refractivity contribution in [1.82, 2.24) is 4.98 Å². The summed E-state index contributed by atoms with van der Waals surface area (Å²) >= 11 is 2.84. The molecule has 1 amide bonds. The molecule has 2 rings (SSSR count). The Morgan fingerprint density at radius 3 is 2.90 bits per heavy atom. The van der Waals surface area contributed by atoms with E-state index in [-0.39, 0.29) is 5.91 Å². The Balaban J connectivity index is 2.33. The summed E-state index contributed by atoms with van der Waals surface area (Å²) in [6, 6.07) is 5.60. The highest BCUT2D eigenvalue weighted by Gasteiger charge is 2.17. The van der Waals surface area contributed by atoms with Crippen LogP contribution in [-0.2, 0) is 0 Å². The molecular weight excluding hydrogens is 290 g/mol. The first-order valence-corrected chi connectivity index (χ1v) is 7.93. The SMILES string of the molecule is CSc1ncccc1C(=O)Nc1sc(C)c(C)c1C#N. The lowest BCUT2D eigenvalue weighted by Gasteiger charge is -2.06. The zero-order chi connectivity index (χ0) is 14.7. The molecular formula is C14H13N3OS2. The first kappa shape index (κ1) is 14.6. The number of hydrogen-bond donors (Lipinski definition) is 1. The second kappa shape index (κ2) is 6.07. The van der Waals surface area contributed by atoms with Gasteiger partial charge in [0.2, 0.25) is 0 Å². The summed E-state index contributed by atoms with van der Waals surface area (Å²) in [6.45, 7) is 3.82. The smallest absolute Gasteiger partial charge is 0.259 e. The second-order valence-corrected chi connectivity index (χ2v) is 6.13. The Morgan fingerprint density at radius 2 is 2.25 bits per heavy atom. The molecule has 0 aliphatic heterocycles. The van der Waals surface area contributed by atoms with Crippen molar-refractivity contribution in [3.63, 3.8) is 0 Å². The van der Waals surface area contributed by atoms with E-state index < -0.39 is 0 Å². The van der Waals surface area contributed by atoms with Crippen LogP contribution in [0.4, 0.5) is 5.00 Å². The van der Waals surface area contributed by atoms with Crippen LogP contribution in [0.15, 0.2) is 23.4 Å². The molecule has 0 spiro atoms. The molecule has 0 atom stereocenters. The van der Waals surface area contributed by atoms with Crippen LogP contribution in [0.3, 0.4) is 0 Å². The number of amides is 1. The third kappa shape index (κ3) is 2.69.